The van der Waals surface area contributed by atoms with Crippen LogP contribution in [0, 0.1) is 0 Å². The molecule has 0 amide bonds. The maximum absolute atomic E-state index is 5.35. The molecule has 0 aliphatic rings. The summed E-state index contributed by atoms with van der Waals surface area (Å²) in [5, 5.41) is 0. The molecular weight excluding hydrogens is 1460 g/mol. The molecule has 18 aromatic carbocycles. The molecule has 6 heterocycles. The van der Waals surface area contributed by atoms with Gasteiger partial charge in [0.2, 0.25) is 17.3 Å². The molecular formula is C111H75N9. The third-order valence-electron chi connectivity index (χ3n) is 23.1. The third-order valence-corrected chi connectivity index (χ3v) is 23.1. The minimum atomic E-state index is 0.893. The average Bonchev–Trinajstić information content (AvgIpc) is 1.57. The highest BCUT2D eigenvalue weighted by molar-refractivity contribution is 5.98. The second-order valence-corrected chi connectivity index (χ2v) is 30.4. The van der Waals surface area contributed by atoms with Crippen LogP contribution in [0.4, 0.5) is 0 Å². The minimum Gasteiger partial charge on any atom is -0.278 e. The monoisotopic (exact) mass is 1530 g/mol. The summed E-state index contributed by atoms with van der Waals surface area (Å²) >= 11 is 0. The van der Waals surface area contributed by atoms with Crippen LogP contribution in [0.1, 0.15) is 0 Å². The Bertz CT molecular complexity index is 7750. The van der Waals surface area contributed by atoms with Crippen molar-refractivity contribution in [1.82, 2.24) is 41.9 Å². The maximum Gasteiger partial charge on any atom is 0.220 e. The average molecular weight is 1530 g/mol. The summed E-state index contributed by atoms with van der Waals surface area (Å²) in [7, 11) is 0. The summed E-state index contributed by atoms with van der Waals surface area (Å²) < 4.78 is 13.7. The van der Waals surface area contributed by atoms with Crippen LogP contribution in [0.5, 0.6) is 0 Å². The molecule has 0 N–H and O–H groups in total. The Kier molecular flexibility index (Phi) is 17.7. The number of hydrogen-bond acceptors (Lipinski definition) is 3. The molecule has 0 saturated heterocycles. The second-order valence-electron chi connectivity index (χ2n) is 30.4. The molecule has 0 spiro atoms. The van der Waals surface area contributed by atoms with Gasteiger partial charge in [0.05, 0.1) is 77.6 Å². The molecule has 0 aliphatic carbocycles. The Morgan fingerprint density at radius 2 is 0.358 bits per heavy atom. The van der Waals surface area contributed by atoms with E-state index in [0.717, 1.165) is 106 Å². The van der Waals surface area contributed by atoms with Gasteiger partial charge in [-0.3, -0.25) is 26.9 Å². The molecule has 0 radical (unpaired) electrons. The van der Waals surface area contributed by atoms with E-state index in [2.05, 4.69) is 470 Å². The van der Waals surface area contributed by atoms with Crippen molar-refractivity contribution in [1.29, 1.82) is 0 Å². The highest BCUT2D eigenvalue weighted by Crippen LogP contribution is 2.41. The van der Waals surface area contributed by atoms with Crippen LogP contribution in [-0.4, -0.2) is 41.9 Å². The van der Waals surface area contributed by atoms with Crippen LogP contribution in [0.15, 0.2) is 455 Å². The Hall–Kier alpha value is -16.2. The van der Waals surface area contributed by atoms with E-state index in [9.17, 15) is 0 Å². The fourth-order valence-corrected chi connectivity index (χ4v) is 17.4. The Labute approximate surface area is 693 Å². The maximum atomic E-state index is 5.35. The summed E-state index contributed by atoms with van der Waals surface area (Å²) in [6, 6.07) is 161. The zero-order valence-electron chi connectivity index (χ0n) is 65.3. The number of para-hydroxylation sites is 8. The summed E-state index contributed by atoms with van der Waals surface area (Å²) in [6.45, 7) is 0. The van der Waals surface area contributed by atoms with Gasteiger partial charge in [0.15, 0.2) is 0 Å². The minimum absolute atomic E-state index is 0.893. The van der Waals surface area contributed by atoms with Gasteiger partial charge in [-0.2, -0.15) is 0 Å². The van der Waals surface area contributed by atoms with E-state index < -0.39 is 0 Å². The van der Waals surface area contributed by atoms with Crippen molar-refractivity contribution in [2.24, 2.45) is 0 Å². The first kappa shape index (κ1) is 70.4. The van der Waals surface area contributed by atoms with E-state index in [4.69, 9.17) is 15.0 Å². The molecule has 0 saturated carbocycles. The predicted octanol–water partition coefficient (Wildman–Crippen LogP) is 28.3. The quantitative estimate of drug-likeness (QED) is 0.122. The van der Waals surface area contributed by atoms with E-state index in [1.54, 1.807) is 0 Å². The molecule has 24 aromatic rings. The van der Waals surface area contributed by atoms with E-state index in [0.29, 0.717) is 0 Å². The molecule has 24 rings (SSSR count). The van der Waals surface area contributed by atoms with Crippen molar-refractivity contribution in [3.8, 4) is 117 Å². The number of imidazole rings is 6. The van der Waals surface area contributed by atoms with Gasteiger partial charge in [0.1, 0.15) is 0 Å². The van der Waals surface area contributed by atoms with Crippen molar-refractivity contribution in [2.45, 2.75) is 0 Å². The Morgan fingerprint density at radius 1 is 0.125 bits per heavy atom. The molecule has 9 nitrogen and oxygen atoms in total. The van der Waals surface area contributed by atoms with Gasteiger partial charge in [-0.25, -0.2) is 15.0 Å². The van der Waals surface area contributed by atoms with Gasteiger partial charge in [-0.05, 0) is 240 Å². The molecule has 6 aromatic heterocycles. The van der Waals surface area contributed by atoms with Gasteiger partial charge < -0.3 is 0 Å². The summed E-state index contributed by atoms with van der Waals surface area (Å²) in [5.41, 5.74) is 37.7. The molecule has 0 unspecified atom stereocenters. The highest BCUT2D eigenvalue weighted by atomic mass is 15.2. The first-order valence-corrected chi connectivity index (χ1v) is 40.7. The highest BCUT2D eigenvalue weighted by Gasteiger charge is 2.24. The van der Waals surface area contributed by atoms with Gasteiger partial charge >= 0.3 is 0 Å². The Balaban J connectivity index is 0.000000109. The smallest absolute Gasteiger partial charge is 0.220 e. The van der Waals surface area contributed by atoms with Crippen LogP contribution in [0.2, 0.25) is 0 Å². The van der Waals surface area contributed by atoms with Crippen molar-refractivity contribution in [2.75, 3.05) is 0 Å². The van der Waals surface area contributed by atoms with Crippen molar-refractivity contribution < 1.29 is 0 Å². The number of nitrogens with zero attached hydrogens (tertiary/aromatic N) is 9. The number of aromatic nitrogens is 9. The van der Waals surface area contributed by atoms with Crippen molar-refractivity contribution >= 4 is 83.5 Å². The molecule has 9 heteroatoms. The van der Waals surface area contributed by atoms with E-state index in [1.807, 2.05) is 12.1 Å². The Morgan fingerprint density at radius 3 is 0.733 bits per heavy atom. The molecule has 0 aliphatic heterocycles. The summed E-state index contributed by atoms with van der Waals surface area (Å²) in [4.78, 5) is 15.5. The van der Waals surface area contributed by atoms with E-state index in [1.165, 1.54) is 94.6 Å². The molecule has 0 bridgehead atoms. The number of hydrogen-bond donors (Lipinski definition) is 0. The van der Waals surface area contributed by atoms with Crippen LogP contribution in [0.25, 0.3) is 201 Å². The van der Waals surface area contributed by atoms with Crippen LogP contribution >= 0.6 is 0 Å². The molecule has 120 heavy (non-hydrogen) atoms. The second kappa shape index (κ2) is 30.2. The first-order valence-electron chi connectivity index (χ1n) is 40.7. The van der Waals surface area contributed by atoms with E-state index >= 15 is 0 Å². The number of benzene rings is 18. The van der Waals surface area contributed by atoms with Crippen LogP contribution < -0.4 is 0 Å². The fourth-order valence-electron chi connectivity index (χ4n) is 17.4. The zero-order valence-corrected chi connectivity index (χ0v) is 65.3. The standard InChI is InChI=1S/C43H29N3.C37H25N3.C31H21N3/c1-5-13-30(14-6-1)34-21-23-40-39(28-34)44-43-45(42-29-35(22-24-41(42)46(40)43)31-15-7-2-8-16-31)38-26-36(32-17-9-3-10-18-32)25-37(27-38)33-19-11-4-12-20-33;1-3-12-26(13-4-1)29-22-30(27-14-5-2-6-15-27)24-31(23-29)28-16-11-17-32(25-28)39-35-20-9-10-21-36(35)40-34-19-8-7-18-33(34)38-37(39)40;1-3-11-22(12-4-1)24-19-25(23-13-5-2-6-14-23)21-26(20-24)33-29-17-9-10-18-30(29)34-28-16-8-7-15-27(28)32-31(33)34/h1-29H;1-25H;1-21H. The normalized spacial score (nSPS) is 11.5. The molecule has 564 valence electrons. The van der Waals surface area contributed by atoms with Crippen molar-refractivity contribution in [3.05, 3.63) is 455 Å². The number of rotatable bonds is 12. The predicted molar refractivity (Wildman–Crippen MR) is 498 cm³/mol. The lowest BCUT2D eigenvalue weighted by molar-refractivity contribution is 1.11. The van der Waals surface area contributed by atoms with Gasteiger partial charge in [-0.15, -0.1) is 0 Å². The van der Waals surface area contributed by atoms with Gasteiger partial charge in [0.25, 0.3) is 0 Å². The lowest BCUT2D eigenvalue weighted by Crippen LogP contribution is -1.97. The summed E-state index contributed by atoms with van der Waals surface area (Å²) in [6.07, 6.45) is 0. The van der Waals surface area contributed by atoms with Crippen LogP contribution in [-0.2, 0) is 0 Å². The zero-order chi connectivity index (χ0) is 79.4. The molecule has 0 atom stereocenters. The first-order chi connectivity index (χ1) is 59.5. The largest absolute Gasteiger partial charge is 0.278 e. The topological polar surface area (TPSA) is 66.7 Å². The fraction of sp³-hybridized carbons (Fsp3) is 0. The summed E-state index contributed by atoms with van der Waals surface area (Å²) in [5.74, 6) is 2.74. The van der Waals surface area contributed by atoms with Crippen molar-refractivity contribution in [3.63, 3.8) is 0 Å². The molecule has 0 fully saturated rings. The number of fused-ring (bicyclic) bond motifs is 15. The lowest BCUT2D eigenvalue weighted by Gasteiger charge is -2.13. The van der Waals surface area contributed by atoms with Gasteiger partial charge in [-0.1, -0.05) is 315 Å². The van der Waals surface area contributed by atoms with Crippen LogP contribution in [0.3, 0.4) is 0 Å². The van der Waals surface area contributed by atoms with E-state index in [-0.39, 0.29) is 0 Å². The lowest BCUT2D eigenvalue weighted by atomic mass is 9.93. The van der Waals surface area contributed by atoms with Gasteiger partial charge in [0, 0.05) is 5.69 Å². The third kappa shape index (κ3) is 12.8. The SMILES string of the molecule is c1ccc(-c2cc(-c3ccccc3)cc(-c3cccc(-n4c5ccccc5n5c6ccccc6nc45)c3)c2)cc1.c1ccc(-c2cc(-c3ccccc3)cc(-n3c4cc(-c5ccccc5)ccc4n4c5ccc(-c6ccccc6)cc5nc34)c2)cc1.c1ccc(-c2cc(-c3ccccc3)cc(-n3c4ccccc4n4c5ccccc5nc34)c2)cc1.